The van der Waals surface area contributed by atoms with E-state index in [1.807, 2.05) is 5.32 Å². The Morgan fingerprint density at radius 2 is 2.00 bits per heavy atom. The van der Waals surface area contributed by atoms with Crippen LogP contribution in [0.2, 0.25) is 0 Å². The van der Waals surface area contributed by atoms with Crippen LogP contribution in [0.3, 0.4) is 0 Å². The summed E-state index contributed by atoms with van der Waals surface area (Å²) in [6.07, 6.45) is -5.86. The van der Waals surface area contributed by atoms with Gasteiger partial charge in [-0.15, -0.1) is 0 Å². The molecule has 1 atom stereocenters. The fraction of sp³-hybridized carbons (Fsp3) is 0.429. The molecule has 1 aliphatic carbocycles. The third-order valence-corrected chi connectivity index (χ3v) is 3.51. The lowest BCUT2D eigenvalue weighted by molar-refractivity contribution is -0.190. The fourth-order valence-corrected chi connectivity index (χ4v) is 2.05. The molecular weight excluding hydrogens is 285 g/mol. The maximum atomic E-state index is 12.9. The van der Waals surface area contributed by atoms with Gasteiger partial charge < -0.3 is 10.1 Å². The second-order valence-electron chi connectivity index (χ2n) is 4.92. The van der Waals surface area contributed by atoms with Gasteiger partial charge in [0.15, 0.2) is 0 Å². The lowest BCUT2D eigenvalue weighted by Crippen LogP contribution is -2.47. The van der Waals surface area contributed by atoms with Crippen LogP contribution < -0.4 is 5.32 Å². The van der Waals surface area contributed by atoms with E-state index in [9.17, 15) is 18.0 Å². The molecule has 0 spiro atoms. The third-order valence-electron chi connectivity index (χ3n) is 3.51. The number of ether oxygens (including phenoxy) is 1. The summed E-state index contributed by atoms with van der Waals surface area (Å²) < 4.78 is 43.5. The van der Waals surface area contributed by atoms with Crippen molar-refractivity contribution in [1.82, 2.24) is 5.32 Å². The predicted molar refractivity (Wildman–Crippen MR) is 66.9 cm³/mol. The van der Waals surface area contributed by atoms with E-state index in [1.165, 1.54) is 6.07 Å². The van der Waals surface area contributed by atoms with E-state index in [0.717, 1.165) is 0 Å². The minimum atomic E-state index is -4.51. The van der Waals surface area contributed by atoms with Crippen LogP contribution in [0.5, 0.6) is 0 Å². The molecule has 1 aromatic rings. The lowest BCUT2D eigenvalue weighted by Gasteiger charge is -2.24. The molecule has 1 amide bonds. The van der Waals surface area contributed by atoms with Crippen molar-refractivity contribution in [2.24, 2.45) is 5.41 Å². The number of alkyl halides is 3. The number of rotatable bonds is 4. The number of nitrogens with zero attached hydrogens (tertiary/aromatic N) is 1. The number of alkyl carbamates (subject to hydrolysis) is 1. The Morgan fingerprint density at radius 1 is 1.38 bits per heavy atom. The summed E-state index contributed by atoms with van der Waals surface area (Å²) in [7, 11) is 0. The van der Waals surface area contributed by atoms with Crippen molar-refractivity contribution < 1.29 is 22.7 Å². The van der Waals surface area contributed by atoms with Crippen LogP contribution in [0.4, 0.5) is 18.0 Å². The summed E-state index contributed by atoms with van der Waals surface area (Å²) in [5.74, 6) is 0. The number of nitriles is 1. The van der Waals surface area contributed by atoms with Gasteiger partial charge in [-0.25, -0.2) is 4.79 Å². The molecule has 1 N–H and O–H groups in total. The average Bonchev–Trinajstić information content (AvgIpc) is 3.25. The van der Waals surface area contributed by atoms with Crippen molar-refractivity contribution >= 4 is 6.09 Å². The quantitative estimate of drug-likeness (QED) is 0.928. The van der Waals surface area contributed by atoms with Crippen molar-refractivity contribution in [3.8, 4) is 6.07 Å². The second-order valence-corrected chi connectivity index (χ2v) is 4.92. The van der Waals surface area contributed by atoms with Gasteiger partial charge in [-0.3, -0.25) is 0 Å². The summed E-state index contributed by atoms with van der Waals surface area (Å²) in [5, 5.41) is 10.9. The molecule has 0 heterocycles. The van der Waals surface area contributed by atoms with Crippen molar-refractivity contribution in [3.63, 3.8) is 0 Å². The molecule has 1 aromatic carbocycles. The van der Waals surface area contributed by atoms with E-state index >= 15 is 0 Å². The Kier molecular flexibility index (Phi) is 4.07. The molecule has 0 aliphatic heterocycles. The number of carbonyl (C=O) groups is 1. The first kappa shape index (κ1) is 15.2. The first-order valence-corrected chi connectivity index (χ1v) is 6.32. The van der Waals surface area contributed by atoms with Crippen molar-refractivity contribution in [3.05, 3.63) is 35.9 Å². The lowest BCUT2D eigenvalue weighted by atomic mass is 9.97. The van der Waals surface area contributed by atoms with Crippen LogP contribution >= 0.6 is 0 Å². The minimum absolute atomic E-state index is 0.0656. The Labute approximate surface area is 119 Å². The van der Waals surface area contributed by atoms with Gasteiger partial charge in [0.05, 0.1) is 11.5 Å². The number of hydrogen-bond acceptors (Lipinski definition) is 3. The van der Waals surface area contributed by atoms with Crippen molar-refractivity contribution in [1.29, 1.82) is 5.26 Å². The van der Waals surface area contributed by atoms with Crippen LogP contribution in [0.25, 0.3) is 0 Å². The highest BCUT2D eigenvalue weighted by Crippen LogP contribution is 2.59. The van der Waals surface area contributed by atoms with Gasteiger partial charge in [0.2, 0.25) is 0 Å². The molecule has 21 heavy (non-hydrogen) atoms. The van der Waals surface area contributed by atoms with E-state index in [0.29, 0.717) is 5.56 Å². The predicted octanol–water partition coefficient (Wildman–Crippen LogP) is 3.15. The average molecular weight is 298 g/mol. The molecular formula is C14H13F3N2O2. The fourth-order valence-electron chi connectivity index (χ4n) is 2.05. The Morgan fingerprint density at radius 3 is 2.48 bits per heavy atom. The van der Waals surface area contributed by atoms with E-state index in [-0.39, 0.29) is 19.4 Å². The smallest absolute Gasteiger partial charge is 0.408 e. The highest BCUT2D eigenvalue weighted by molar-refractivity contribution is 5.68. The summed E-state index contributed by atoms with van der Waals surface area (Å²) >= 11 is 0. The van der Waals surface area contributed by atoms with Gasteiger partial charge in [0, 0.05) is 0 Å². The molecule has 7 heteroatoms. The van der Waals surface area contributed by atoms with Gasteiger partial charge >= 0.3 is 12.3 Å². The molecule has 1 unspecified atom stereocenters. The Bertz CT molecular complexity index is 548. The third kappa shape index (κ3) is 3.27. The highest BCUT2D eigenvalue weighted by atomic mass is 19.4. The van der Waals surface area contributed by atoms with E-state index < -0.39 is 23.7 Å². The van der Waals surface area contributed by atoms with Gasteiger partial charge in [0.1, 0.15) is 12.6 Å². The molecule has 0 saturated heterocycles. The van der Waals surface area contributed by atoms with Crippen LogP contribution in [0.15, 0.2) is 30.3 Å². The van der Waals surface area contributed by atoms with E-state index in [4.69, 9.17) is 10.00 Å². The van der Waals surface area contributed by atoms with Gasteiger partial charge in [-0.1, -0.05) is 30.3 Å². The summed E-state index contributed by atoms with van der Waals surface area (Å²) in [6, 6.07) is 8.60. The van der Waals surface area contributed by atoms with Crippen molar-refractivity contribution in [2.75, 3.05) is 0 Å². The topological polar surface area (TPSA) is 62.1 Å². The zero-order chi connectivity index (χ0) is 15.5. The first-order chi connectivity index (χ1) is 9.89. The van der Waals surface area contributed by atoms with Crippen LogP contribution in [-0.4, -0.2) is 18.3 Å². The summed E-state index contributed by atoms with van der Waals surface area (Å²) in [4.78, 5) is 11.5. The normalized spacial score (nSPS) is 17.4. The number of benzene rings is 1. The maximum absolute atomic E-state index is 12.9. The number of halogens is 3. The zero-order valence-electron chi connectivity index (χ0n) is 11.0. The van der Waals surface area contributed by atoms with Crippen molar-refractivity contribution in [2.45, 2.75) is 31.7 Å². The number of carbonyl (C=O) groups excluding carboxylic acids is 1. The Balaban J connectivity index is 1.91. The highest BCUT2D eigenvalue weighted by Gasteiger charge is 2.68. The maximum Gasteiger partial charge on any atom is 0.408 e. The van der Waals surface area contributed by atoms with Crippen LogP contribution in [0, 0.1) is 16.7 Å². The monoisotopic (exact) mass is 298 g/mol. The largest absolute Gasteiger partial charge is 0.445 e. The molecule has 1 fully saturated rings. The number of nitrogens with one attached hydrogen (secondary N) is 1. The molecule has 2 rings (SSSR count). The molecule has 112 valence electrons. The van der Waals surface area contributed by atoms with E-state index in [1.54, 1.807) is 30.3 Å². The standard InChI is InChI=1S/C14H13F3N2O2/c15-14(16,17)13(6-7-13)11(8-18)19-12(20)21-9-10-4-2-1-3-5-10/h1-5,11H,6-7,9H2,(H,19,20). The molecule has 4 nitrogen and oxygen atoms in total. The molecule has 1 aliphatic rings. The number of amides is 1. The van der Waals surface area contributed by atoms with Gasteiger partial charge in [0.25, 0.3) is 0 Å². The van der Waals surface area contributed by atoms with Crippen LogP contribution in [-0.2, 0) is 11.3 Å². The van der Waals surface area contributed by atoms with Gasteiger partial charge in [-0.05, 0) is 18.4 Å². The summed E-state index contributed by atoms with van der Waals surface area (Å²) in [6.45, 7) is -0.0656. The SMILES string of the molecule is N#CC(NC(=O)OCc1ccccc1)C1(C(F)(F)F)CC1. The molecule has 1 saturated carbocycles. The van der Waals surface area contributed by atoms with Gasteiger partial charge in [-0.2, -0.15) is 18.4 Å². The number of hydrogen-bond donors (Lipinski definition) is 1. The minimum Gasteiger partial charge on any atom is -0.445 e. The molecule has 0 radical (unpaired) electrons. The Hall–Kier alpha value is -2.23. The second kappa shape index (κ2) is 5.64. The molecule has 0 bridgehead atoms. The van der Waals surface area contributed by atoms with Crippen LogP contribution in [0.1, 0.15) is 18.4 Å². The van der Waals surface area contributed by atoms with E-state index in [2.05, 4.69) is 0 Å². The summed E-state index contributed by atoms with van der Waals surface area (Å²) in [5.41, 5.74) is -1.42. The molecule has 0 aromatic heterocycles. The first-order valence-electron chi connectivity index (χ1n) is 6.32. The zero-order valence-corrected chi connectivity index (χ0v) is 11.0.